The molecule has 1 unspecified atom stereocenters. The third-order valence-corrected chi connectivity index (χ3v) is 5.36. The van der Waals surface area contributed by atoms with Crippen molar-refractivity contribution in [3.05, 3.63) is 34.9 Å². The molecule has 8 heteroatoms. The normalized spacial score (nSPS) is 25.5. The van der Waals surface area contributed by atoms with Gasteiger partial charge in [-0.1, -0.05) is 12.1 Å². The minimum Gasteiger partial charge on any atom is -0.465 e. The van der Waals surface area contributed by atoms with E-state index >= 15 is 0 Å². The average molecular weight is 378 g/mol. The SMILES string of the molecule is C[C@H]1Cc2cc(C(C)(O)CN3CCN(C(=O)O)C[C@@H]3CO)ccc2C(=O)O1. The van der Waals surface area contributed by atoms with Crippen molar-refractivity contribution in [3.8, 4) is 0 Å². The maximum Gasteiger partial charge on any atom is 0.407 e. The zero-order chi connectivity index (χ0) is 19.8. The molecule has 1 aromatic rings. The number of nitrogens with zero attached hydrogens (tertiary/aromatic N) is 2. The van der Waals surface area contributed by atoms with Crippen molar-refractivity contribution in [2.75, 3.05) is 32.8 Å². The molecule has 1 fully saturated rings. The van der Waals surface area contributed by atoms with E-state index in [1.54, 1.807) is 19.1 Å². The molecule has 1 aromatic carbocycles. The van der Waals surface area contributed by atoms with E-state index in [1.165, 1.54) is 4.90 Å². The van der Waals surface area contributed by atoms with E-state index in [1.807, 2.05) is 17.9 Å². The van der Waals surface area contributed by atoms with Crippen LogP contribution in [0.2, 0.25) is 0 Å². The first-order valence-corrected chi connectivity index (χ1v) is 9.11. The molecule has 0 aromatic heterocycles. The summed E-state index contributed by atoms with van der Waals surface area (Å²) in [5, 5.41) is 29.9. The molecule has 3 atom stereocenters. The molecule has 0 spiro atoms. The molecule has 27 heavy (non-hydrogen) atoms. The molecule has 0 bridgehead atoms. The molecule has 0 aliphatic carbocycles. The van der Waals surface area contributed by atoms with E-state index in [0.29, 0.717) is 30.6 Å². The van der Waals surface area contributed by atoms with E-state index in [2.05, 4.69) is 0 Å². The molecule has 2 aliphatic rings. The number of β-amino-alcohol motifs (C(OH)–C–C–N with tert-alkyl or cyclic N) is 1. The maximum atomic E-state index is 12.0. The first kappa shape index (κ1) is 19.6. The number of carboxylic acid groups (broad SMARTS) is 1. The fourth-order valence-corrected chi connectivity index (χ4v) is 3.83. The Morgan fingerprint density at radius 1 is 1.37 bits per heavy atom. The predicted octanol–water partition coefficient (Wildman–Crippen LogP) is 0.652. The van der Waals surface area contributed by atoms with Gasteiger partial charge in [-0.2, -0.15) is 0 Å². The summed E-state index contributed by atoms with van der Waals surface area (Å²) < 4.78 is 5.23. The van der Waals surface area contributed by atoms with Crippen molar-refractivity contribution >= 4 is 12.1 Å². The number of benzene rings is 1. The van der Waals surface area contributed by atoms with Gasteiger partial charge in [-0.3, -0.25) is 4.90 Å². The third-order valence-electron chi connectivity index (χ3n) is 5.36. The fourth-order valence-electron chi connectivity index (χ4n) is 3.83. The number of ether oxygens (including phenoxy) is 1. The number of carbonyl (C=O) groups is 2. The summed E-state index contributed by atoms with van der Waals surface area (Å²) in [6.45, 7) is 4.56. The average Bonchev–Trinajstić information content (AvgIpc) is 2.60. The van der Waals surface area contributed by atoms with Gasteiger partial charge < -0.3 is 25.0 Å². The van der Waals surface area contributed by atoms with Crippen LogP contribution in [0.5, 0.6) is 0 Å². The number of aliphatic hydroxyl groups is 2. The van der Waals surface area contributed by atoms with Gasteiger partial charge in [0.1, 0.15) is 6.10 Å². The second-order valence-electron chi connectivity index (χ2n) is 7.60. The van der Waals surface area contributed by atoms with Crippen LogP contribution in [-0.2, 0) is 16.8 Å². The lowest BCUT2D eigenvalue weighted by atomic mass is 9.89. The summed E-state index contributed by atoms with van der Waals surface area (Å²) in [6.07, 6.45) is -0.606. The Morgan fingerprint density at radius 3 is 2.78 bits per heavy atom. The minimum absolute atomic E-state index is 0.187. The third kappa shape index (κ3) is 4.07. The van der Waals surface area contributed by atoms with Crippen molar-refractivity contribution in [3.63, 3.8) is 0 Å². The molecule has 148 valence electrons. The lowest BCUT2D eigenvalue weighted by Gasteiger charge is -2.42. The summed E-state index contributed by atoms with van der Waals surface area (Å²) in [5.41, 5.74) is 0.848. The quantitative estimate of drug-likeness (QED) is 0.660. The second-order valence-corrected chi connectivity index (χ2v) is 7.60. The minimum atomic E-state index is -1.21. The van der Waals surface area contributed by atoms with Crippen LogP contribution in [0.4, 0.5) is 4.79 Å². The zero-order valence-corrected chi connectivity index (χ0v) is 15.6. The Bertz CT molecular complexity index is 735. The number of aliphatic hydroxyl groups excluding tert-OH is 1. The van der Waals surface area contributed by atoms with Gasteiger partial charge in [-0.25, -0.2) is 9.59 Å². The van der Waals surface area contributed by atoms with Gasteiger partial charge in [0, 0.05) is 32.6 Å². The molecular weight excluding hydrogens is 352 g/mol. The van der Waals surface area contributed by atoms with Gasteiger partial charge in [0.2, 0.25) is 0 Å². The van der Waals surface area contributed by atoms with E-state index in [9.17, 15) is 19.8 Å². The lowest BCUT2D eigenvalue weighted by Crippen LogP contribution is -2.58. The molecule has 3 rings (SSSR count). The van der Waals surface area contributed by atoms with Crippen molar-refractivity contribution in [2.45, 2.75) is 38.0 Å². The van der Waals surface area contributed by atoms with Gasteiger partial charge in [0.05, 0.1) is 23.8 Å². The fraction of sp³-hybridized carbons (Fsp3) is 0.579. The molecule has 2 heterocycles. The monoisotopic (exact) mass is 378 g/mol. The van der Waals surface area contributed by atoms with Crippen LogP contribution in [0.25, 0.3) is 0 Å². The molecule has 0 saturated carbocycles. The van der Waals surface area contributed by atoms with E-state index in [4.69, 9.17) is 9.84 Å². The molecule has 1 amide bonds. The van der Waals surface area contributed by atoms with Gasteiger partial charge in [0.25, 0.3) is 0 Å². The van der Waals surface area contributed by atoms with Crippen LogP contribution in [0.15, 0.2) is 18.2 Å². The topological polar surface area (TPSA) is 111 Å². The summed E-state index contributed by atoms with van der Waals surface area (Å²) in [6, 6.07) is 4.87. The van der Waals surface area contributed by atoms with Crippen molar-refractivity contribution in [1.82, 2.24) is 9.80 Å². The number of amides is 1. The summed E-state index contributed by atoms with van der Waals surface area (Å²) in [7, 11) is 0. The van der Waals surface area contributed by atoms with Gasteiger partial charge in [-0.15, -0.1) is 0 Å². The number of hydrogen-bond donors (Lipinski definition) is 3. The molecule has 0 radical (unpaired) electrons. The maximum absolute atomic E-state index is 12.0. The first-order chi connectivity index (χ1) is 12.7. The van der Waals surface area contributed by atoms with Crippen LogP contribution >= 0.6 is 0 Å². The lowest BCUT2D eigenvalue weighted by molar-refractivity contribution is -0.0305. The van der Waals surface area contributed by atoms with Gasteiger partial charge in [-0.05, 0) is 31.0 Å². The highest BCUT2D eigenvalue weighted by atomic mass is 16.5. The van der Waals surface area contributed by atoms with Crippen LogP contribution in [0, 0.1) is 0 Å². The number of piperazine rings is 1. The largest absolute Gasteiger partial charge is 0.465 e. The molecule has 8 nitrogen and oxygen atoms in total. The molecule has 2 aliphatic heterocycles. The van der Waals surface area contributed by atoms with Gasteiger partial charge in [0.15, 0.2) is 0 Å². The Labute approximate surface area is 158 Å². The number of hydrogen-bond acceptors (Lipinski definition) is 6. The van der Waals surface area contributed by atoms with Crippen LogP contribution in [0.1, 0.15) is 35.3 Å². The van der Waals surface area contributed by atoms with E-state index in [0.717, 1.165) is 5.56 Å². The van der Waals surface area contributed by atoms with Crippen molar-refractivity contribution in [1.29, 1.82) is 0 Å². The van der Waals surface area contributed by atoms with Crippen molar-refractivity contribution < 1.29 is 29.6 Å². The van der Waals surface area contributed by atoms with Crippen LogP contribution in [0.3, 0.4) is 0 Å². The second kappa shape index (κ2) is 7.46. The number of esters is 1. The molecule has 3 N–H and O–H groups in total. The highest BCUT2D eigenvalue weighted by Gasteiger charge is 2.35. The number of carbonyl (C=O) groups excluding carboxylic acids is 1. The summed E-state index contributed by atoms with van der Waals surface area (Å²) in [4.78, 5) is 26.3. The van der Waals surface area contributed by atoms with Gasteiger partial charge >= 0.3 is 12.1 Å². The Balaban J connectivity index is 1.77. The zero-order valence-electron chi connectivity index (χ0n) is 15.6. The Hall–Kier alpha value is -2.16. The van der Waals surface area contributed by atoms with E-state index < -0.39 is 11.7 Å². The Morgan fingerprint density at radius 2 is 2.11 bits per heavy atom. The van der Waals surface area contributed by atoms with Crippen LogP contribution < -0.4 is 0 Å². The highest BCUT2D eigenvalue weighted by Crippen LogP contribution is 2.29. The smallest absolute Gasteiger partial charge is 0.407 e. The molecule has 1 saturated heterocycles. The first-order valence-electron chi connectivity index (χ1n) is 9.11. The number of fused-ring (bicyclic) bond motifs is 1. The predicted molar refractivity (Wildman–Crippen MR) is 96.6 cm³/mol. The number of rotatable bonds is 4. The number of cyclic esters (lactones) is 1. The highest BCUT2D eigenvalue weighted by molar-refractivity contribution is 5.92. The van der Waals surface area contributed by atoms with E-state index in [-0.39, 0.29) is 37.8 Å². The molecular formula is C19H26N2O6. The Kier molecular flexibility index (Phi) is 5.41. The standard InChI is InChI=1S/C19H26N2O6/c1-12-7-13-8-14(3-4-16(13)17(23)27-12)19(2,26)11-21-6-5-20(18(24)25)9-15(21)10-22/h3-4,8,12,15,22,26H,5-7,9-11H2,1-2H3,(H,24,25)/t12-,15+,19?/m0/s1. The summed E-state index contributed by atoms with van der Waals surface area (Å²) in [5.74, 6) is -0.347. The summed E-state index contributed by atoms with van der Waals surface area (Å²) >= 11 is 0. The van der Waals surface area contributed by atoms with Crippen molar-refractivity contribution in [2.24, 2.45) is 0 Å². The van der Waals surface area contributed by atoms with Crippen LogP contribution in [-0.4, -0.2) is 82.1 Å².